The maximum atomic E-state index is 12.2. The minimum atomic E-state index is 0.0428. The molecule has 3 rings (SSSR count). The number of piperazine rings is 1. The van der Waals surface area contributed by atoms with Gasteiger partial charge in [0.15, 0.2) is 6.54 Å². The lowest BCUT2D eigenvalue weighted by Crippen LogP contribution is -3.15. The van der Waals surface area contributed by atoms with E-state index in [1.165, 1.54) is 4.90 Å². The zero-order valence-corrected chi connectivity index (χ0v) is 14.9. The molecule has 0 aliphatic carbocycles. The molecule has 1 amide bonds. The lowest BCUT2D eigenvalue weighted by atomic mass is 10.2. The maximum Gasteiger partial charge on any atom is 0.279 e. The molecule has 1 saturated heterocycles. The van der Waals surface area contributed by atoms with Crippen molar-refractivity contribution in [1.29, 1.82) is 0 Å². The van der Waals surface area contributed by atoms with Crippen LogP contribution in [-0.4, -0.2) is 43.7 Å². The van der Waals surface area contributed by atoms with Crippen molar-refractivity contribution in [3.8, 4) is 5.75 Å². The van der Waals surface area contributed by atoms with Gasteiger partial charge >= 0.3 is 0 Å². The molecule has 1 aliphatic heterocycles. The average Bonchev–Trinajstić information content (AvgIpc) is 2.56. The number of carbonyl (C=O) groups is 1. The number of anilines is 2. The number of phenols is 1. The highest BCUT2D eigenvalue weighted by Gasteiger charge is 2.22. The molecule has 3 N–H and O–H groups in total. The van der Waals surface area contributed by atoms with E-state index >= 15 is 0 Å². The van der Waals surface area contributed by atoms with E-state index in [2.05, 4.69) is 26.1 Å². The van der Waals surface area contributed by atoms with Gasteiger partial charge in [-0.05, 0) is 42.5 Å². The van der Waals surface area contributed by atoms with Gasteiger partial charge in [-0.1, -0.05) is 22.0 Å². The Morgan fingerprint density at radius 2 is 1.88 bits per heavy atom. The molecule has 5 nitrogen and oxygen atoms in total. The second-order valence-electron chi connectivity index (χ2n) is 5.99. The summed E-state index contributed by atoms with van der Waals surface area (Å²) in [5.74, 6) is 0.327. The molecule has 1 heterocycles. The van der Waals surface area contributed by atoms with Gasteiger partial charge in [0.05, 0.1) is 26.2 Å². The summed E-state index contributed by atoms with van der Waals surface area (Å²) >= 11 is 3.41. The highest BCUT2D eigenvalue weighted by atomic mass is 79.9. The summed E-state index contributed by atoms with van der Waals surface area (Å²) in [5.41, 5.74) is 1.93. The topological polar surface area (TPSA) is 57.0 Å². The SMILES string of the molecule is O=C(C[NH+]1CCN(c2ccc(O)cc2)CC1)Nc1cccc(Br)c1. The Labute approximate surface area is 150 Å². The summed E-state index contributed by atoms with van der Waals surface area (Å²) in [4.78, 5) is 15.8. The Morgan fingerprint density at radius 1 is 1.17 bits per heavy atom. The number of nitrogens with one attached hydrogen (secondary N) is 2. The summed E-state index contributed by atoms with van der Waals surface area (Å²) in [6, 6.07) is 14.9. The van der Waals surface area contributed by atoms with Crippen molar-refractivity contribution < 1.29 is 14.8 Å². The highest BCUT2D eigenvalue weighted by molar-refractivity contribution is 9.10. The predicted molar refractivity (Wildman–Crippen MR) is 98.7 cm³/mol. The molecule has 0 spiro atoms. The van der Waals surface area contributed by atoms with Crippen molar-refractivity contribution in [1.82, 2.24) is 0 Å². The van der Waals surface area contributed by atoms with Crippen LogP contribution in [0.3, 0.4) is 0 Å². The Morgan fingerprint density at radius 3 is 2.54 bits per heavy atom. The van der Waals surface area contributed by atoms with E-state index in [9.17, 15) is 9.90 Å². The molecule has 6 heteroatoms. The highest BCUT2D eigenvalue weighted by Crippen LogP contribution is 2.18. The largest absolute Gasteiger partial charge is 0.508 e. The fraction of sp³-hybridized carbons (Fsp3) is 0.278. The number of rotatable bonds is 4. The van der Waals surface area contributed by atoms with Crippen LogP contribution in [0.25, 0.3) is 0 Å². The minimum absolute atomic E-state index is 0.0428. The van der Waals surface area contributed by atoms with Gasteiger partial charge in [0, 0.05) is 15.8 Å². The van der Waals surface area contributed by atoms with E-state index in [-0.39, 0.29) is 11.7 Å². The number of phenolic OH excluding ortho intramolecular Hbond substituents is 1. The smallest absolute Gasteiger partial charge is 0.279 e. The van der Waals surface area contributed by atoms with Gasteiger partial charge in [0.25, 0.3) is 5.91 Å². The molecule has 0 atom stereocenters. The van der Waals surface area contributed by atoms with Crippen LogP contribution in [0.15, 0.2) is 53.0 Å². The predicted octanol–water partition coefficient (Wildman–Crippen LogP) is 1.50. The second kappa shape index (κ2) is 7.68. The van der Waals surface area contributed by atoms with Crippen LogP contribution < -0.4 is 15.1 Å². The summed E-state index contributed by atoms with van der Waals surface area (Å²) < 4.78 is 0.954. The van der Waals surface area contributed by atoms with Crippen LogP contribution in [0.1, 0.15) is 0 Å². The van der Waals surface area contributed by atoms with Crippen LogP contribution in [0, 0.1) is 0 Å². The quantitative estimate of drug-likeness (QED) is 0.741. The van der Waals surface area contributed by atoms with E-state index in [0.717, 1.165) is 42.0 Å². The molecule has 1 aliphatic rings. The number of hydrogen-bond acceptors (Lipinski definition) is 3. The monoisotopic (exact) mass is 390 g/mol. The van der Waals surface area contributed by atoms with E-state index in [4.69, 9.17) is 0 Å². The Hall–Kier alpha value is -2.05. The first-order valence-corrected chi connectivity index (χ1v) is 8.82. The first kappa shape index (κ1) is 16.8. The van der Waals surface area contributed by atoms with Gasteiger partial charge in [0.1, 0.15) is 5.75 Å². The van der Waals surface area contributed by atoms with Crippen molar-refractivity contribution in [2.45, 2.75) is 0 Å². The normalized spacial score (nSPS) is 15.3. The number of halogens is 1. The fourth-order valence-electron chi connectivity index (χ4n) is 2.92. The van der Waals surface area contributed by atoms with Crippen LogP contribution >= 0.6 is 15.9 Å². The third-order valence-electron chi connectivity index (χ3n) is 4.20. The molecule has 0 bridgehead atoms. The number of aromatic hydroxyl groups is 1. The van der Waals surface area contributed by atoms with Crippen molar-refractivity contribution in [2.75, 3.05) is 42.9 Å². The third kappa shape index (κ3) is 4.49. The first-order valence-electron chi connectivity index (χ1n) is 8.03. The van der Waals surface area contributed by atoms with E-state index < -0.39 is 0 Å². The molecule has 24 heavy (non-hydrogen) atoms. The maximum absolute atomic E-state index is 12.2. The van der Waals surface area contributed by atoms with Gasteiger partial charge in [-0.15, -0.1) is 0 Å². The lowest BCUT2D eigenvalue weighted by Gasteiger charge is -2.33. The molecule has 0 unspecified atom stereocenters. The van der Waals surface area contributed by atoms with Crippen LogP contribution in [-0.2, 0) is 4.79 Å². The van der Waals surface area contributed by atoms with Crippen molar-refractivity contribution in [3.05, 3.63) is 53.0 Å². The molecule has 0 aromatic heterocycles. The number of benzene rings is 2. The van der Waals surface area contributed by atoms with Crippen LogP contribution in [0.2, 0.25) is 0 Å². The van der Waals surface area contributed by atoms with Gasteiger partial charge in [-0.25, -0.2) is 0 Å². The van der Waals surface area contributed by atoms with Crippen LogP contribution in [0.4, 0.5) is 11.4 Å². The number of hydrogen-bond donors (Lipinski definition) is 3. The molecule has 126 valence electrons. The second-order valence-corrected chi connectivity index (χ2v) is 6.90. The van der Waals surface area contributed by atoms with E-state index in [0.29, 0.717) is 6.54 Å². The molecule has 0 saturated carbocycles. The summed E-state index contributed by atoms with van der Waals surface area (Å²) in [7, 11) is 0. The zero-order chi connectivity index (χ0) is 16.9. The van der Waals surface area contributed by atoms with Gasteiger partial charge in [-0.3, -0.25) is 4.79 Å². The molecular formula is C18H21BrN3O2+. The van der Waals surface area contributed by atoms with Crippen molar-refractivity contribution in [3.63, 3.8) is 0 Å². The molecule has 2 aromatic carbocycles. The number of quaternary nitrogens is 1. The van der Waals surface area contributed by atoms with Crippen LogP contribution in [0.5, 0.6) is 5.75 Å². The zero-order valence-electron chi connectivity index (χ0n) is 13.3. The Balaban J connectivity index is 1.48. The average molecular weight is 391 g/mol. The summed E-state index contributed by atoms with van der Waals surface area (Å²) in [6.45, 7) is 4.14. The minimum Gasteiger partial charge on any atom is -0.508 e. The van der Waals surface area contributed by atoms with Gasteiger partial charge in [0.2, 0.25) is 0 Å². The molecule has 1 fully saturated rings. The number of nitrogens with zero attached hydrogens (tertiary/aromatic N) is 1. The van der Waals surface area contributed by atoms with Gasteiger partial charge < -0.3 is 20.2 Å². The molecular weight excluding hydrogens is 370 g/mol. The van der Waals surface area contributed by atoms with E-state index in [1.54, 1.807) is 12.1 Å². The Bertz CT molecular complexity index is 698. The standard InChI is InChI=1S/C18H20BrN3O2/c19-14-2-1-3-15(12-14)20-18(24)13-21-8-10-22(11-9-21)16-4-6-17(23)7-5-16/h1-7,12,23H,8-11,13H2,(H,20,24)/p+1. The number of amides is 1. The van der Waals surface area contributed by atoms with Crippen molar-refractivity contribution >= 4 is 33.2 Å². The number of carbonyl (C=O) groups excluding carboxylic acids is 1. The van der Waals surface area contributed by atoms with Crippen molar-refractivity contribution in [2.24, 2.45) is 0 Å². The summed E-state index contributed by atoms with van der Waals surface area (Å²) in [5, 5.41) is 12.3. The fourth-order valence-corrected chi connectivity index (χ4v) is 3.32. The third-order valence-corrected chi connectivity index (χ3v) is 4.70. The first-order chi connectivity index (χ1) is 11.6. The van der Waals surface area contributed by atoms with Gasteiger partial charge in [-0.2, -0.15) is 0 Å². The Kier molecular flexibility index (Phi) is 5.37. The van der Waals surface area contributed by atoms with E-state index in [1.807, 2.05) is 36.4 Å². The molecule has 2 aromatic rings. The molecule has 0 radical (unpaired) electrons. The summed E-state index contributed by atoms with van der Waals surface area (Å²) in [6.07, 6.45) is 0. The lowest BCUT2D eigenvalue weighted by molar-refractivity contribution is -0.892.